The van der Waals surface area contributed by atoms with Gasteiger partial charge in [0.15, 0.2) is 0 Å². The molecule has 0 aliphatic carbocycles. The predicted molar refractivity (Wildman–Crippen MR) is 70.6 cm³/mol. The van der Waals surface area contributed by atoms with Gasteiger partial charge in [0.25, 0.3) is 5.91 Å². The van der Waals surface area contributed by atoms with Crippen LogP contribution >= 0.6 is 0 Å². The van der Waals surface area contributed by atoms with E-state index in [1.165, 1.54) is 36.0 Å². The largest absolute Gasteiger partial charge is 0.480 e. The summed E-state index contributed by atoms with van der Waals surface area (Å²) in [5.41, 5.74) is 0.263. The van der Waals surface area contributed by atoms with Crippen LogP contribution in [0.3, 0.4) is 0 Å². The number of nitrogens with zero attached hydrogens (tertiary/aromatic N) is 3. The van der Waals surface area contributed by atoms with Crippen molar-refractivity contribution < 1.29 is 24.2 Å². The van der Waals surface area contributed by atoms with Gasteiger partial charge >= 0.3 is 11.9 Å². The number of methoxy groups -OCH3 is 1. The lowest BCUT2D eigenvalue weighted by Gasteiger charge is -2.21. The second kappa shape index (κ2) is 5.94. The van der Waals surface area contributed by atoms with Crippen LogP contribution in [-0.4, -0.2) is 57.3 Å². The molecule has 0 aromatic carbocycles. The number of hydrogen-bond donors (Lipinski definition) is 1. The molecule has 0 radical (unpaired) electrons. The number of likely N-dealkylation sites (tertiary alicyclic amines) is 1. The molecule has 2 heterocycles. The van der Waals surface area contributed by atoms with Gasteiger partial charge in [0.2, 0.25) is 0 Å². The summed E-state index contributed by atoms with van der Waals surface area (Å²) in [5, 5.41) is 12.8. The van der Waals surface area contributed by atoms with Crippen LogP contribution < -0.4 is 0 Å². The molecule has 1 aliphatic heterocycles. The fourth-order valence-corrected chi connectivity index (χ4v) is 2.33. The number of carbonyl (C=O) groups is 3. The van der Waals surface area contributed by atoms with Crippen molar-refractivity contribution in [2.24, 2.45) is 0 Å². The molecule has 0 spiro atoms. The monoisotopic (exact) mass is 295 g/mol. The zero-order chi connectivity index (χ0) is 15.6. The number of amides is 1. The fourth-order valence-electron chi connectivity index (χ4n) is 2.33. The molecule has 2 rings (SSSR count). The molecular weight excluding hydrogens is 278 g/mol. The molecule has 1 fully saturated rings. The van der Waals surface area contributed by atoms with Crippen LogP contribution in [0.5, 0.6) is 0 Å². The highest BCUT2D eigenvalue weighted by Gasteiger charge is 2.35. The quantitative estimate of drug-likeness (QED) is 0.802. The van der Waals surface area contributed by atoms with Crippen molar-refractivity contribution in [3.63, 3.8) is 0 Å². The first-order valence-electron chi connectivity index (χ1n) is 6.61. The fraction of sp³-hybridized carbons (Fsp3) is 0.538. The first-order valence-corrected chi connectivity index (χ1v) is 6.61. The van der Waals surface area contributed by atoms with E-state index < -0.39 is 24.0 Å². The number of hydrogen-bond acceptors (Lipinski definition) is 5. The van der Waals surface area contributed by atoms with Crippen LogP contribution in [0.1, 0.15) is 36.2 Å². The van der Waals surface area contributed by atoms with E-state index in [0.29, 0.717) is 13.0 Å². The summed E-state index contributed by atoms with van der Waals surface area (Å²) in [4.78, 5) is 36.4. The number of esters is 1. The number of aromatic nitrogens is 2. The summed E-state index contributed by atoms with van der Waals surface area (Å²) < 4.78 is 5.90. The molecule has 0 bridgehead atoms. The van der Waals surface area contributed by atoms with Crippen LogP contribution in [0.4, 0.5) is 0 Å². The Labute approximate surface area is 121 Å². The smallest absolute Gasteiger partial charge is 0.328 e. The molecule has 1 N–H and O–H groups in total. The van der Waals surface area contributed by atoms with Gasteiger partial charge in [0.05, 0.1) is 18.9 Å². The molecule has 8 heteroatoms. The van der Waals surface area contributed by atoms with E-state index in [1.807, 2.05) is 0 Å². The minimum Gasteiger partial charge on any atom is -0.480 e. The second-order valence-electron chi connectivity index (χ2n) is 4.90. The van der Waals surface area contributed by atoms with Gasteiger partial charge in [0, 0.05) is 12.7 Å². The van der Waals surface area contributed by atoms with Gasteiger partial charge in [-0.2, -0.15) is 5.10 Å². The highest BCUT2D eigenvalue weighted by Crippen LogP contribution is 2.21. The molecule has 1 aromatic heterocycles. The lowest BCUT2D eigenvalue weighted by atomic mass is 10.2. The van der Waals surface area contributed by atoms with Gasteiger partial charge in [0.1, 0.15) is 12.1 Å². The molecule has 1 aromatic rings. The van der Waals surface area contributed by atoms with E-state index in [2.05, 4.69) is 5.10 Å². The number of aliphatic carboxylic acids is 1. The molecule has 8 nitrogen and oxygen atoms in total. The van der Waals surface area contributed by atoms with Gasteiger partial charge in [-0.3, -0.25) is 9.48 Å². The summed E-state index contributed by atoms with van der Waals surface area (Å²) in [6.45, 7) is 1.94. The van der Waals surface area contributed by atoms with Crippen molar-refractivity contribution in [3.05, 3.63) is 18.0 Å². The lowest BCUT2D eigenvalue weighted by molar-refractivity contribution is -0.145. The number of carbonyl (C=O) groups excluding carboxylic acids is 2. The number of ether oxygens (including phenoxy) is 1. The number of carboxylic acids is 1. The topological polar surface area (TPSA) is 102 Å². The second-order valence-corrected chi connectivity index (χ2v) is 4.90. The minimum absolute atomic E-state index is 0.263. The minimum atomic E-state index is -1.04. The molecule has 0 saturated carbocycles. The van der Waals surface area contributed by atoms with Crippen LogP contribution in [0, 0.1) is 0 Å². The van der Waals surface area contributed by atoms with Crippen LogP contribution in [0.25, 0.3) is 0 Å². The van der Waals surface area contributed by atoms with E-state index in [0.717, 1.165) is 6.42 Å². The Kier molecular flexibility index (Phi) is 4.25. The third-order valence-electron chi connectivity index (χ3n) is 3.59. The van der Waals surface area contributed by atoms with Crippen LogP contribution in [0.15, 0.2) is 12.4 Å². The standard InChI is InChI=1S/C13H17N3O5/c1-8(12(18)19)16-7-9(6-14-16)11(17)15-5-3-4-10(15)13(20)21-2/h6-8,10H,3-5H2,1-2H3,(H,18,19). The summed E-state index contributed by atoms with van der Waals surface area (Å²) in [7, 11) is 1.29. The average Bonchev–Trinajstić information content (AvgIpc) is 3.13. The highest BCUT2D eigenvalue weighted by atomic mass is 16.5. The first-order chi connectivity index (χ1) is 9.95. The molecule has 1 saturated heterocycles. The Morgan fingerprint density at radius 1 is 1.48 bits per heavy atom. The number of carboxylic acid groups (broad SMARTS) is 1. The Bertz CT molecular complexity index is 568. The SMILES string of the molecule is COC(=O)C1CCCN1C(=O)c1cnn(C(C)C(=O)O)c1. The Morgan fingerprint density at radius 2 is 2.19 bits per heavy atom. The van der Waals surface area contributed by atoms with Crippen molar-refractivity contribution in [1.29, 1.82) is 0 Å². The van der Waals surface area contributed by atoms with Gasteiger partial charge < -0.3 is 14.7 Å². The average molecular weight is 295 g/mol. The zero-order valence-electron chi connectivity index (χ0n) is 11.9. The Morgan fingerprint density at radius 3 is 2.81 bits per heavy atom. The maximum Gasteiger partial charge on any atom is 0.328 e. The Balaban J connectivity index is 2.16. The van der Waals surface area contributed by atoms with E-state index in [4.69, 9.17) is 9.84 Å². The van der Waals surface area contributed by atoms with E-state index >= 15 is 0 Å². The molecule has 2 atom stereocenters. The summed E-state index contributed by atoms with van der Waals surface area (Å²) in [6.07, 6.45) is 3.99. The van der Waals surface area contributed by atoms with Gasteiger partial charge in [-0.05, 0) is 19.8 Å². The normalized spacial score (nSPS) is 19.3. The lowest BCUT2D eigenvalue weighted by Crippen LogP contribution is -2.41. The summed E-state index contributed by atoms with van der Waals surface area (Å²) in [5.74, 6) is -1.82. The maximum absolute atomic E-state index is 12.4. The van der Waals surface area contributed by atoms with E-state index in [1.54, 1.807) is 0 Å². The van der Waals surface area contributed by atoms with Gasteiger partial charge in [-0.15, -0.1) is 0 Å². The molecule has 1 amide bonds. The van der Waals surface area contributed by atoms with Gasteiger partial charge in [-0.1, -0.05) is 0 Å². The highest BCUT2D eigenvalue weighted by molar-refractivity contribution is 5.96. The molecule has 21 heavy (non-hydrogen) atoms. The number of rotatable bonds is 4. The summed E-state index contributed by atoms with van der Waals surface area (Å²) >= 11 is 0. The third-order valence-corrected chi connectivity index (χ3v) is 3.59. The molecule has 1 aliphatic rings. The van der Waals surface area contributed by atoms with Crippen molar-refractivity contribution in [3.8, 4) is 0 Å². The molecule has 114 valence electrons. The molecule has 2 unspecified atom stereocenters. The van der Waals surface area contributed by atoms with Crippen LogP contribution in [-0.2, 0) is 14.3 Å². The van der Waals surface area contributed by atoms with E-state index in [-0.39, 0.29) is 11.5 Å². The van der Waals surface area contributed by atoms with Crippen molar-refractivity contribution >= 4 is 17.8 Å². The third kappa shape index (κ3) is 2.88. The zero-order valence-corrected chi connectivity index (χ0v) is 11.9. The molecular formula is C13H17N3O5. The van der Waals surface area contributed by atoms with Crippen molar-refractivity contribution in [2.75, 3.05) is 13.7 Å². The van der Waals surface area contributed by atoms with Crippen LogP contribution in [0.2, 0.25) is 0 Å². The maximum atomic E-state index is 12.4. The van der Waals surface area contributed by atoms with Crippen molar-refractivity contribution in [1.82, 2.24) is 14.7 Å². The van der Waals surface area contributed by atoms with E-state index in [9.17, 15) is 14.4 Å². The Hall–Kier alpha value is -2.38. The summed E-state index contributed by atoms with van der Waals surface area (Å²) in [6, 6.07) is -1.44. The van der Waals surface area contributed by atoms with Crippen molar-refractivity contribution in [2.45, 2.75) is 31.8 Å². The predicted octanol–water partition coefficient (Wildman–Crippen LogP) is 0.306. The van der Waals surface area contributed by atoms with Gasteiger partial charge in [-0.25, -0.2) is 9.59 Å². The first kappa shape index (κ1) is 15.0.